The Morgan fingerprint density at radius 1 is 1.08 bits per heavy atom. The molecule has 0 saturated heterocycles. The zero-order valence-electron chi connectivity index (χ0n) is 14.3. The highest BCUT2D eigenvalue weighted by atomic mass is 16.5. The minimum atomic E-state index is -0.712. The summed E-state index contributed by atoms with van der Waals surface area (Å²) < 4.78 is 16.1. The fourth-order valence-electron chi connectivity index (χ4n) is 3.12. The zero-order chi connectivity index (χ0) is 18.0. The number of amides is 1. The SMILES string of the molecule is COc1cc2c(c(OC)c1OC)C(=O)N(Cc1ccccc1)C2C#N. The van der Waals surface area contributed by atoms with Crippen LogP contribution in [0.5, 0.6) is 17.2 Å². The van der Waals surface area contributed by atoms with Crippen LogP contribution in [0.4, 0.5) is 0 Å². The molecule has 0 aliphatic carbocycles. The Bertz CT molecular complexity index is 843. The minimum absolute atomic E-state index is 0.261. The molecular weight excluding hydrogens is 320 g/mol. The third-order valence-electron chi connectivity index (χ3n) is 4.26. The van der Waals surface area contributed by atoms with Gasteiger partial charge in [0.05, 0.1) is 33.0 Å². The number of benzene rings is 2. The number of rotatable bonds is 5. The molecule has 0 N–H and O–H groups in total. The number of ether oxygens (including phenoxy) is 3. The second-order valence-electron chi connectivity index (χ2n) is 5.56. The van der Waals surface area contributed by atoms with Crippen LogP contribution in [0.15, 0.2) is 36.4 Å². The normalized spacial score (nSPS) is 15.5. The van der Waals surface area contributed by atoms with E-state index in [-0.39, 0.29) is 11.7 Å². The predicted octanol–water partition coefficient (Wildman–Crippen LogP) is 2.93. The number of hydrogen-bond donors (Lipinski definition) is 0. The summed E-state index contributed by atoms with van der Waals surface area (Å²) in [6.45, 7) is 0.334. The fourth-order valence-corrected chi connectivity index (χ4v) is 3.12. The lowest BCUT2D eigenvalue weighted by molar-refractivity contribution is 0.0742. The molecule has 2 aromatic rings. The molecule has 2 aromatic carbocycles. The monoisotopic (exact) mass is 338 g/mol. The van der Waals surface area contributed by atoms with Crippen molar-refractivity contribution in [2.24, 2.45) is 0 Å². The van der Waals surface area contributed by atoms with Gasteiger partial charge in [-0.05, 0) is 11.6 Å². The van der Waals surface area contributed by atoms with Crippen LogP contribution in [0.25, 0.3) is 0 Å². The Balaban J connectivity index is 2.12. The van der Waals surface area contributed by atoms with Crippen LogP contribution in [0.2, 0.25) is 0 Å². The van der Waals surface area contributed by atoms with E-state index in [1.807, 2.05) is 30.3 Å². The number of carbonyl (C=O) groups is 1. The van der Waals surface area contributed by atoms with E-state index in [4.69, 9.17) is 14.2 Å². The van der Waals surface area contributed by atoms with Crippen molar-refractivity contribution < 1.29 is 19.0 Å². The summed E-state index contributed by atoms with van der Waals surface area (Å²) in [5.74, 6) is 0.795. The van der Waals surface area contributed by atoms with E-state index in [0.717, 1.165) is 5.56 Å². The fraction of sp³-hybridized carbons (Fsp3) is 0.263. The Morgan fingerprint density at radius 3 is 2.32 bits per heavy atom. The van der Waals surface area contributed by atoms with Gasteiger partial charge >= 0.3 is 0 Å². The van der Waals surface area contributed by atoms with Crippen molar-refractivity contribution in [1.29, 1.82) is 5.26 Å². The highest BCUT2D eigenvalue weighted by molar-refractivity contribution is 6.03. The van der Waals surface area contributed by atoms with Gasteiger partial charge in [0.1, 0.15) is 6.04 Å². The van der Waals surface area contributed by atoms with Crippen molar-refractivity contribution in [3.05, 3.63) is 53.1 Å². The lowest BCUT2D eigenvalue weighted by atomic mass is 10.0. The van der Waals surface area contributed by atoms with Crippen LogP contribution in [0, 0.1) is 11.3 Å². The smallest absolute Gasteiger partial charge is 0.259 e. The number of methoxy groups -OCH3 is 3. The second-order valence-corrected chi connectivity index (χ2v) is 5.56. The van der Waals surface area contributed by atoms with E-state index in [0.29, 0.717) is 29.2 Å². The first kappa shape index (κ1) is 16.7. The Kier molecular flexibility index (Phi) is 4.48. The predicted molar refractivity (Wildman–Crippen MR) is 90.8 cm³/mol. The van der Waals surface area contributed by atoms with Crippen molar-refractivity contribution in [2.45, 2.75) is 12.6 Å². The van der Waals surface area contributed by atoms with E-state index >= 15 is 0 Å². The van der Waals surface area contributed by atoms with E-state index < -0.39 is 6.04 Å². The molecule has 25 heavy (non-hydrogen) atoms. The van der Waals surface area contributed by atoms with Crippen molar-refractivity contribution >= 4 is 5.91 Å². The van der Waals surface area contributed by atoms with Crippen molar-refractivity contribution in [2.75, 3.05) is 21.3 Å². The molecular formula is C19H18N2O4. The molecule has 0 spiro atoms. The molecule has 3 rings (SSSR count). The second kappa shape index (κ2) is 6.73. The molecule has 6 heteroatoms. The van der Waals surface area contributed by atoms with Gasteiger partial charge < -0.3 is 19.1 Å². The molecule has 1 aliphatic rings. The zero-order valence-corrected chi connectivity index (χ0v) is 14.3. The minimum Gasteiger partial charge on any atom is -0.493 e. The lowest BCUT2D eigenvalue weighted by Crippen LogP contribution is -2.26. The first-order valence-electron chi connectivity index (χ1n) is 7.73. The maximum Gasteiger partial charge on any atom is 0.259 e. The summed E-state index contributed by atoms with van der Waals surface area (Å²) >= 11 is 0. The molecule has 1 heterocycles. The van der Waals surface area contributed by atoms with E-state index in [9.17, 15) is 10.1 Å². The molecule has 1 aliphatic heterocycles. The molecule has 1 unspecified atom stereocenters. The van der Waals surface area contributed by atoms with E-state index in [2.05, 4.69) is 6.07 Å². The molecule has 128 valence electrons. The maximum atomic E-state index is 13.0. The average molecular weight is 338 g/mol. The molecule has 0 fully saturated rings. The number of nitrogens with zero attached hydrogens (tertiary/aromatic N) is 2. The van der Waals surface area contributed by atoms with E-state index in [1.165, 1.54) is 26.2 Å². The van der Waals surface area contributed by atoms with Crippen LogP contribution in [0.1, 0.15) is 27.5 Å². The van der Waals surface area contributed by atoms with Crippen molar-refractivity contribution in [3.8, 4) is 23.3 Å². The highest BCUT2D eigenvalue weighted by Crippen LogP contribution is 2.48. The van der Waals surface area contributed by atoms with Gasteiger partial charge in [0.25, 0.3) is 5.91 Å². The largest absolute Gasteiger partial charge is 0.493 e. The first-order valence-corrected chi connectivity index (χ1v) is 7.73. The standard InChI is InChI=1S/C19H18N2O4/c1-23-15-9-13-14(10-20)21(11-12-7-5-4-6-8-12)19(22)16(13)18(25-3)17(15)24-2/h4-9,14H,11H2,1-3H3. The third-order valence-corrected chi connectivity index (χ3v) is 4.26. The lowest BCUT2D eigenvalue weighted by Gasteiger charge is -2.20. The average Bonchev–Trinajstić information content (AvgIpc) is 2.92. The molecule has 0 aromatic heterocycles. The van der Waals surface area contributed by atoms with Gasteiger partial charge in [-0.3, -0.25) is 4.79 Å². The topological polar surface area (TPSA) is 71.8 Å². The van der Waals surface area contributed by atoms with Crippen molar-refractivity contribution in [1.82, 2.24) is 4.90 Å². The Hall–Kier alpha value is -3.20. The summed E-state index contributed by atoms with van der Waals surface area (Å²) in [5.41, 5.74) is 1.86. The van der Waals surface area contributed by atoms with Gasteiger partial charge in [0, 0.05) is 12.1 Å². The third kappa shape index (κ3) is 2.64. The summed E-state index contributed by atoms with van der Waals surface area (Å²) in [6, 6.07) is 12.7. The summed E-state index contributed by atoms with van der Waals surface area (Å²) in [6.07, 6.45) is 0. The highest BCUT2D eigenvalue weighted by Gasteiger charge is 2.41. The van der Waals surface area contributed by atoms with Gasteiger partial charge in [-0.2, -0.15) is 5.26 Å². The summed E-state index contributed by atoms with van der Waals surface area (Å²) in [4.78, 5) is 14.5. The quantitative estimate of drug-likeness (QED) is 0.838. The van der Waals surface area contributed by atoms with Crippen molar-refractivity contribution in [3.63, 3.8) is 0 Å². The molecule has 1 atom stereocenters. The van der Waals surface area contributed by atoms with Gasteiger partial charge in [0.2, 0.25) is 5.75 Å². The van der Waals surface area contributed by atoms with Gasteiger partial charge in [-0.1, -0.05) is 30.3 Å². The summed E-state index contributed by atoms with van der Waals surface area (Å²) in [5, 5.41) is 9.68. The van der Waals surface area contributed by atoms with Crippen LogP contribution in [0.3, 0.4) is 0 Å². The summed E-state index contributed by atoms with van der Waals surface area (Å²) in [7, 11) is 4.45. The molecule has 0 bridgehead atoms. The Morgan fingerprint density at radius 2 is 1.76 bits per heavy atom. The maximum absolute atomic E-state index is 13.0. The number of carbonyl (C=O) groups excluding carboxylic acids is 1. The molecule has 0 radical (unpaired) electrons. The van der Waals surface area contributed by atoms with Gasteiger partial charge in [-0.15, -0.1) is 0 Å². The first-order chi connectivity index (χ1) is 12.2. The number of fused-ring (bicyclic) bond motifs is 1. The molecule has 1 amide bonds. The number of nitriles is 1. The van der Waals surface area contributed by atoms with Crippen LogP contribution in [-0.2, 0) is 6.54 Å². The van der Waals surface area contributed by atoms with Gasteiger partial charge in [-0.25, -0.2) is 0 Å². The molecule has 6 nitrogen and oxygen atoms in total. The Labute approximate surface area is 146 Å². The van der Waals surface area contributed by atoms with Gasteiger partial charge in [0.15, 0.2) is 11.5 Å². The van der Waals surface area contributed by atoms with Crippen LogP contribution in [-0.4, -0.2) is 32.1 Å². The van der Waals surface area contributed by atoms with Crippen LogP contribution < -0.4 is 14.2 Å². The molecule has 0 saturated carbocycles. The van der Waals surface area contributed by atoms with Crippen LogP contribution >= 0.6 is 0 Å². The number of hydrogen-bond acceptors (Lipinski definition) is 5. The van der Waals surface area contributed by atoms with E-state index in [1.54, 1.807) is 6.07 Å².